The van der Waals surface area contributed by atoms with Crippen LogP contribution in [0.5, 0.6) is 0 Å². The molecule has 0 bridgehead atoms. The predicted molar refractivity (Wildman–Crippen MR) is 116 cm³/mol. The Bertz CT molecular complexity index is 542. The van der Waals surface area contributed by atoms with Gasteiger partial charge in [-0.15, -0.1) is 24.0 Å². The van der Waals surface area contributed by atoms with Crippen LogP contribution in [0.15, 0.2) is 41.4 Å². The van der Waals surface area contributed by atoms with Crippen LogP contribution >= 0.6 is 24.0 Å². The van der Waals surface area contributed by atoms with Crippen LogP contribution in [0, 0.1) is 0 Å². The first-order chi connectivity index (χ1) is 11.8. The molecule has 0 unspecified atom stereocenters. The summed E-state index contributed by atoms with van der Waals surface area (Å²) in [5.74, 6) is 0.848. The smallest absolute Gasteiger partial charge is 0.191 e. The quantitative estimate of drug-likeness (QED) is 0.217. The van der Waals surface area contributed by atoms with Crippen molar-refractivity contribution < 1.29 is 4.74 Å². The number of ether oxygens (including phenoxy) is 1. The molecular formula is C19H31IN4O. The maximum absolute atomic E-state index is 5.43. The van der Waals surface area contributed by atoms with Gasteiger partial charge in [-0.05, 0) is 24.5 Å². The molecule has 1 fully saturated rings. The van der Waals surface area contributed by atoms with Crippen molar-refractivity contribution in [1.29, 1.82) is 0 Å². The second kappa shape index (κ2) is 13.1. The molecule has 0 aromatic heterocycles. The molecule has 6 heteroatoms. The highest BCUT2D eigenvalue weighted by atomic mass is 127. The average molecular weight is 458 g/mol. The highest BCUT2D eigenvalue weighted by Gasteiger charge is 2.12. The van der Waals surface area contributed by atoms with E-state index in [0.29, 0.717) is 0 Å². The van der Waals surface area contributed by atoms with Crippen molar-refractivity contribution in [2.24, 2.45) is 4.99 Å². The molecule has 25 heavy (non-hydrogen) atoms. The van der Waals surface area contributed by atoms with Crippen LogP contribution in [0.4, 0.5) is 0 Å². The molecule has 0 aliphatic carbocycles. The third-order valence-electron chi connectivity index (χ3n) is 4.13. The van der Waals surface area contributed by atoms with Crippen molar-refractivity contribution in [3.8, 4) is 0 Å². The fraction of sp³-hybridized carbons (Fsp3) is 0.526. The first-order valence-corrected chi connectivity index (χ1v) is 8.76. The monoisotopic (exact) mass is 458 g/mol. The zero-order chi connectivity index (χ0) is 17.0. The van der Waals surface area contributed by atoms with Crippen molar-refractivity contribution in [3.63, 3.8) is 0 Å². The largest absolute Gasteiger partial charge is 0.379 e. The second-order valence-corrected chi connectivity index (χ2v) is 5.87. The van der Waals surface area contributed by atoms with E-state index in [1.807, 2.05) is 14.0 Å². The fourth-order valence-electron chi connectivity index (χ4n) is 2.72. The van der Waals surface area contributed by atoms with E-state index in [1.165, 1.54) is 11.1 Å². The third kappa shape index (κ3) is 8.20. The van der Waals surface area contributed by atoms with Crippen LogP contribution in [0.1, 0.15) is 24.5 Å². The third-order valence-corrected chi connectivity index (χ3v) is 4.13. The van der Waals surface area contributed by atoms with Gasteiger partial charge in [0.15, 0.2) is 5.96 Å². The number of nitrogens with zero attached hydrogens (tertiary/aromatic N) is 2. The predicted octanol–water partition coefficient (Wildman–Crippen LogP) is 2.77. The summed E-state index contributed by atoms with van der Waals surface area (Å²) >= 11 is 0. The van der Waals surface area contributed by atoms with Crippen molar-refractivity contribution in [2.75, 3.05) is 39.9 Å². The molecule has 1 aromatic carbocycles. The molecule has 1 aromatic rings. The van der Waals surface area contributed by atoms with Crippen molar-refractivity contribution in [2.45, 2.75) is 26.4 Å². The standard InChI is InChI=1S/C19H30N4O.HI/c1-3-4-7-10-21-19(20-2)22-15-17-8-5-6-9-18(17)16-23-11-13-24-14-12-23;/h3-6,8-9H,7,10-16H2,1-2H3,(H2,20,21,22);1H/b4-3+;. The van der Waals surface area contributed by atoms with Crippen LogP contribution in [-0.2, 0) is 17.8 Å². The summed E-state index contributed by atoms with van der Waals surface area (Å²) in [6, 6.07) is 8.62. The molecule has 1 heterocycles. The number of hydrogen-bond donors (Lipinski definition) is 2. The molecule has 0 spiro atoms. The number of halogens is 1. The lowest BCUT2D eigenvalue weighted by molar-refractivity contribution is 0.0341. The summed E-state index contributed by atoms with van der Waals surface area (Å²) < 4.78 is 5.43. The van der Waals surface area contributed by atoms with E-state index < -0.39 is 0 Å². The Labute approximate surface area is 168 Å². The van der Waals surface area contributed by atoms with E-state index in [9.17, 15) is 0 Å². The average Bonchev–Trinajstić information content (AvgIpc) is 2.63. The van der Waals surface area contributed by atoms with Crippen molar-refractivity contribution in [1.82, 2.24) is 15.5 Å². The minimum atomic E-state index is 0. The summed E-state index contributed by atoms with van der Waals surface area (Å²) in [7, 11) is 1.81. The van der Waals surface area contributed by atoms with Crippen LogP contribution in [0.2, 0.25) is 0 Å². The number of hydrogen-bond acceptors (Lipinski definition) is 3. The fourth-order valence-corrected chi connectivity index (χ4v) is 2.72. The number of allylic oxidation sites excluding steroid dienone is 1. The molecule has 140 valence electrons. The molecular weight excluding hydrogens is 427 g/mol. The summed E-state index contributed by atoms with van der Waals surface area (Å²) in [5, 5.41) is 6.75. The Kier molecular flexibility index (Phi) is 11.5. The molecule has 2 rings (SSSR count). The van der Waals surface area contributed by atoms with Crippen LogP contribution in [0.25, 0.3) is 0 Å². The molecule has 2 N–H and O–H groups in total. The summed E-state index contributed by atoms with van der Waals surface area (Å²) in [6.45, 7) is 8.38. The van der Waals surface area contributed by atoms with Gasteiger partial charge in [-0.2, -0.15) is 0 Å². The van der Waals surface area contributed by atoms with Gasteiger partial charge in [-0.3, -0.25) is 9.89 Å². The Morgan fingerprint density at radius 3 is 2.60 bits per heavy atom. The molecule has 5 nitrogen and oxygen atoms in total. The lowest BCUT2D eigenvalue weighted by atomic mass is 10.1. The van der Waals surface area contributed by atoms with E-state index >= 15 is 0 Å². The summed E-state index contributed by atoms with van der Waals surface area (Å²) in [4.78, 5) is 6.74. The Hall–Kier alpha value is -1.12. The van der Waals surface area contributed by atoms with Gasteiger partial charge in [0.2, 0.25) is 0 Å². The Balaban J connectivity index is 0.00000312. The number of guanidine groups is 1. The van der Waals surface area contributed by atoms with Crippen molar-refractivity contribution >= 4 is 29.9 Å². The van der Waals surface area contributed by atoms with Gasteiger partial charge >= 0.3 is 0 Å². The summed E-state index contributed by atoms with van der Waals surface area (Å²) in [6.07, 6.45) is 5.22. The SMILES string of the molecule is C/C=C/CCNC(=NC)NCc1ccccc1CN1CCOCC1.I. The van der Waals surface area contributed by atoms with E-state index in [4.69, 9.17) is 4.74 Å². The first kappa shape index (κ1) is 21.9. The molecule has 0 atom stereocenters. The molecule has 1 saturated heterocycles. The first-order valence-electron chi connectivity index (χ1n) is 8.76. The highest BCUT2D eigenvalue weighted by Crippen LogP contribution is 2.12. The Morgan fingerprint density at radius 2 is 1.92 bits per heavy atom. The lowest BCUT2D eigenvalue weighted by Gasteiger charge is -2.27. The molecule has 0 radical (unpaired) electrons. The highest BCUT2D eigenvalue weighted by molar-refractivity contribution is 14.0. The number of morpholine rings is 1. The number of benzene rings is 1. The zero-order valence-corrected chi connectivity index (χ0v) is 17.7. The molecule has 0 saturated carbocycles. The maximum atomic E-state index is 5.43. The minimum absolute atomic E-state index is 0. The van der Waals surface area contributed by atoms with Gasteiger partial charge in [0.1, 0.15) is 0 Å². The van der Waals surface area contributed by atoms with Crippen LogP contribution in [-0.4, -0.2) is 50.8 Å². The van der Waals surface area contributed by atoms with Gasteiger partial charge in [-0.25, -0.2) is 0 Å². The van der Waals surface area contributed by atoms with Crippen molar-refractivity contribution in [3.05, 3.63) is 47.5 Å². The number of nitrogens with one attached hydrogen (secondary N) is 2. The molecule has 0 amide bonds. The number of aliphatic imine (C=N–C) groups is 1. The molecule has 1 aliphatic heterocycles. The molecule has 1 aliphatic rings. The van der Waals surface area contributed by atoms with Crippen LogP contribution < -0.4 is 10.6 Å². The van der Waals surface area contributed by atoms with Crippen LogP contribution in [0.3, 0.4) is 0 Å². The lowest BCUT2D eigenvalue weighted by Crippen LogP contribution is -2.38. The van der Waals surface area contributed by atoms with E-state index in [2.05, 4.69) is 56.9 Å². The Morgan fingerprint density at radius 1 is 1.20 bits per heavy atom. The zero-order valence-electron chi connectivity index (χ0n) is 15.3. The van der Waals surface area contributed by atoms with E-state index in [-0.39, 0.29) is 24.0 Å². The second-order valence-electron chi connectivity index (χ2n) is 5.87. The van der Waals surface area contributed by atoms with E-state index in [1.54, 1.807) is 0 Å². The van der Waals surface area contributed by atoms with Gasteiger partial charge in [-0.1, -0.05) is 36.4 Å². The van der Waals surface area contributed by atoms with Gasteiger partial charge in [0, 0.05) is 39.8 Å². The van der Waals surface area contributed by atoms with Gasteiger partial charge in [0.05, 0.1) is 13.2 Å². The normalized spacial score (nSPS) is 15.8. The number of rotatable bonds is 7. The topological polar surface area (TPSA) is 48.9 Å². The van der Waals surface area contributed by atoms with E-state index in [0.717, 1.165) is 58.3 Å². The summed E-state index contributed by atoms with van der Waals surface area (Å²) in [5.41, 5.74) is 2.69. The van der Waals surface area contributed by atoms with Gasteiger partial charge in [0.25, 0.3) is 0 Å². The van der Waals surface area contributed by atoms with Gasteiger partial charge < -0.3 is 15.4 Å². The maximum Gasteiger partial charge on any atom is 0.191 e. The minimum Gasteiger partial charge on any atom is -0.379 e.